The third-order valence-electron chi connectivity index (χ3n) is 5.04. The van der Waals surface area contributed by atoms with Crippen LogP contribution in [0.4, 0.5) is 0 Å². The van der Waals surface area contributed by atoms with Gasteiger partial charge in [0.1, 0.15) is 16.9 Å². The van der Waals surface area contributed by atoms with Gasteiger partial charge in [-0.1, -0.05) is 42.4 Å². The van der Waals surface area contributed by atoms with Gasteiger partial charge in [-0.05, 0) is 77.8 Å². The molecule has 35 heavy (non-hydrogen) atoms. The number of thioether (sulfide) groups is 1. The van der Waals surface area contributed by atoms with Crippen LogP contribution in [-0.2, 0) is 33.9 Å². The Kier molecular flexibility index (Phi) is 10.3. The molecule has 0 bridgehead atoms. The molecule has 1 N–H and O–H groups in total. The van der Waals surface area contributed by atoms with Gasteiger partial charge in [-0.3, -0.25) is 14.2 Å². The molecule has 2 rings (SSSR count). The van der Waals surface area contributed by atoms with E-state index >= 15 is 0 Å². The fourth-order valence-electron chi connectivity index (χ4n) is 3.36. The minimum absolute atomic E-state index is 0.0502. The highest BCUT2D eigenvalue weighted by atomic mass is 35.5. The number of rotatable bonds is 9. The Hall–Kier alpha value is -1.52. The van der Waals surface area contributed by atoms with E-state index < -0.39 is 27.7 Å². The fourth-order valence-corrected chi connectivity index (χ4v) is 5.02. The minimum atomic E-state index is -1.31. The minimum Gasteiger partial charge on any atom is -0.598 e. The molecule has 0 fully saturated rings. The van der Waals surface area contributed by atoms with Crippen LogP contribution in [0.1, 0.15) is 65.8 Å². The quantitative estimate of drug-likeness (QED) is 0.208. The van der Waals surface area contributed by atoms with Crippen molar-refractivity contribution >= 4 is 40.7 Å². The molecule has 1 aromatic carbocycles. The lowest BCUT2D eigenvalue weighted by Crippen LogP contribution is -2.43. The van der Waals surface area contributed by atoms with Gasteiger partial charge in [0.15, 0.2) is 5.16 Å². The molecular weight excluding hydrogens is 506 g/mol. The van der Waals surface area contributed by atoms with Gasteiger partial charge in [0.25, 0.3) is 5.56 Å². The molecule has 1 heterocycles. The molecule has 1 aromatic heterocycles. The zero-order valence-electron chi connectivity index (χ0n) is 21.7. The van der Waals surface area contributed by atoms with Crippen LogP contribution < -0.4 is 10.3 Å². The van der Waals surface area contributed by atoms with E-state index in [4.69, 9.17) is 16.3 Å². The number of ether oxygens (including phenoxy) is 1. The van der Waals surface area contributed by atoms with Crippen LogP contribution in [0.2, 0.25) is 5.02 Å². The highest BCUT2D eigenvalue weighted by Gasteiger charge is 2.32. The normalized spacial score (nSPS) is 14.9. The predicted molar refractivity (Wildman–Crippen MR) is 144 cm³/mol. The lowest BCUT2D eigenvalue weighted by atomic mass is 9.91. The van der Waals surface area contributed by atoms with Gasteiger partial charge >= 0.3 is 5.97 Å². The Labute approximate surface area is 220 Å². The van der Waals surface area contributed by atoms with Gasteiger partial charge in [-0.2, -0.15) is 0 Å². The summed E-state index contributed by atoms with van der Waals surface area (Å²) < 4.78 is 22.4. The average molecular weight is 542 g/mol. The zero-order valence-corrected chi connectivity index (χ0v) is 24.1. The van der Waals surface area contributed by atoms with Crippen molar-refractivity contribution < 1.29 is 14.1 Å². The van der Waals surface area contributed by atoms with E-state index in [-0.39, 0.29) is 24.1 Å². The molecule has 194 valence electrons. The molecule has 0 unspecified atom stereocenters. The second-order valence-corrected chi connectivity index (χ2v) is 13.7. The van der Waals surface area contributed by atoms with E-state index in [1.807, 2.05) is 46.1 Å². The molecule has 0 aliphatic rings. The lowest BCUT2D eigenvalue weighted by Gasteiger charge is -2.31. The number of carbonyl (C=O) groups is 1. The summed E-state index contributed by atoms with van der Waals surface area (Å²) in [5.41, 5.74) is 0.601. The highest BCUT2D eigenvalue weighted by Crippen LogP contribution is 2.29. The predicted octanol–water partition coefficient (Wildman–Crippen LogP) is 4.93. The number of nitrogens with zero attached hydrogens (tertiary/aromatic N) is 2. The SMILES string of the molecule is CSc1nc(C[C@H](C)[C@H](N[S@@+]([O-])C(C)(C)C)c2ccc(Cl)cc2)cc(=O)n1CC(=O)OC(C)(C)C. The van der Waals surface area contributed by atoms with Crippen molar-refractivity contribution in [2.75, 3.05) is 6.26 Å². The molecular formula is C25H36ClN3O4S2. The molecule has 0 spiro atoms. The van der Waals surface area contributed by atoms with Gasteiger partial charge < -0.3 is 9.29 Å². The Morgan fingerprint density at radius 1 is 1.23 bits per heavy atom. The van der Waals surface area contributed by atoms with Gasteiger partial charge in [0.05, 0.1) is 6.04 Å². The van der Waals surface area contributed by atoms with Crippen LogP contribution in [0, 0.1) is 5.92 Å². The maximum Gasteiger partial charge on any atom is 0.326 e. The maximum atomic E-state index is 12.9. The fraction of sp³-hybridized carbons (Fsp3) is 0.560. The van der Waals surface area contributed by atoms with Crippen molar-refractivity contribution in [3.63, 3.8) is 0 Å². The van der Waals surface area contributed by atoms with Gasteiger partial charge in [0.2, 0.25) is 0 Å². The third kappa shape index (κ3) is 9.13. The van der Waals surface area contributed by atoms with Crippen LogP contribution in [0.3, 0.4) is 0 Å². The largest absolute Gasteiger partial charge is 0.598 e. The Morgan fingerprint density at radius 2 is 1.83 bits per heavy atom. The van der Waals surface area contributed by atoms with Crippen molar-refractivity contribution in [1.82, 2.24) is 14.3 Å². The van der Waals surface area contributed by atoms with Gasteiger partial charge in [-0.15, -0.1) is 4.72 Å². The lowest BCUT2D eigenvalue weighted by molar-refractivity contribution is -0.155. The zero-order chi connectivity index (χ0) is 26.6. The van der Waals surface area contributed by atoms with E-state index in [2.05, 4.69) is 9.71 Å². The van der Waals surface area contributed by atoms with Crippen LogP contribution in [0.25, 0.3) is 0 Å². The molecule has 0 saturated heterocycles. The first-order valence-corrected chi connectivity index (χ1v) is 14.2. The molecule has 2 aromatic rings. The smallest absolute Gasteiger partial charge is 0.326 e. The highest BCUT2D eigenvalue weighted by molar-refractivity contribution is 7.98. The van der Waals surface area contributed by atoms with E-state index in [0.29, 0.717) is 22.3 Å². The van der Waals surface area contributed by atoms with E-state index in [9.17, 15) is 14.1 Å². The summed E-state index contributed by atoms with van der Waals surface area (Å²) in [5, 5.41) is 1.07. The molecule has 10 heteroatoms. The number of benzene rings is 1. The van der Waals surface area contributed by atoms with E-state index in [1.165, 1.54) is 22.4 Å². The number of halogens is 1. The number of hydrogen-bond acceptors (Lipinski definition) is 7. The summed E-state index contributed by atoms with van der Waals surface area (Å²) in [4.78, 5) is 29.9. The summed E-state index contributed by atoms with van der Waals surface area (Å²) in [6.07, 6.45) is 2.28. The van der Waals surface area contributed by atoms with Crippen molar-refractivity contribution in [3.8, 4) is 0 Å². The first-order valence-electron chi connectivity index (χ1n) is 11.4. The molecule has 0 radical (unpaired) electrons. The number of nitrogens with one attached hydrogen (secondary N) is 1. The van der Waals surface area contributed by atoms with E-state index in [0.717, 1.165) is 5.56 Å². The van der Waals surface area contributed by atoms with Gasteiger partial charge in [0, 0.05) is 28.1 Å². The first-order chi connectivity index (χ1) is 16.1. The summed E-state index contributed by atoms with van der Waals surface area (Å²) in [5.74, 6) is -0.541. The molecule has 7 nitrogen and oxygen atoms in total. The second kappa shape index (κ2) is 12.1. The van der Waals surface area contributed by atoms with Crippen LogP contribution in [-0.4, -0.2) is 36.7 Å². The number of carbonyl (C=O) groups excluding carboxylic acids is 1. The summed E-state index contributed by atoms with van der Waals surface area (Å²) in [7, 11) is 0. The number of hydrogen-bond donors (Lipinski definition) is 1. The summed E-state index contributed by atoms with van der Waals surface area (Å²) in [6, 6.07) is 8.64. The molecule has 3 atom stereocenters. The van der Waals surface area contributed by atoms with Crippen molar-refractivity contribution in [2.24, 2.45) is 5.92 Å². The number of esters is 1. The van der Waals surface area contributed by atoms with Crippen molar-refractivity contribution in [3.05, 3.63) is 57.0 Å². The second-order valence-electron chi connectivity index (χ2n) is 10.5. The molecule has 0 aliphatic carbocycles. The van der Waals surface area contributed by atoms with Crippen LogP contribution >= 0.6 is 23.4 Å². The molecule has 0 saturated carbocycles. The summed E-state index contributed by atoms with van der Waals surface area (Å²) in [6.45, 7) is 12.9. The third-order valence-corrected chi connectivity index (χ3v) is 7.54. The molecule has 0 amide bonds. The monoisotopic (exact) mass is 541 g/mol. The Bertz CT molecular complexity index is 1060. The van der Waals surface area contributed by atoms with Crippen molar-refractivity contribution in [1.29, 1.82) is 0 Å². The van der Waals surface area contributed by atoms with Gasteiger partial charge in [-0.25, -0.2) is 4.98 Å². The summed E-state index contributed by atoms with van der Waals surface area (Å²) >= 11 is 6.07. The van der Waals surface area contributed by atoms with Crippen LogP contribution in [0.15, 0.2) is 40.3 Å². The average Bonchev–Trinajstić information content (AvgIpc) is 2.72. The molecule has 0 aliphatic heterocycles. The Balaban J connectivity index is 2.32. The van der Waals surface area contributed by atoms with Crippen molar-refractivity contribution in [2.45, 2.75) is 83.0 Å². The standard InChI is InChI=1S/C25H36ClN3O4S2/c1-16(22(28-35(32)25(5,6)7)17-9-11-18(26)12-10-17)13-19-14-20(30)29(23(27-19)34-8)15-21(31)33-24(2,3)4/h9-12,14,16,22,28H,13,15H2,1-8H3/t16-,22-,35-/m0/s1. The maximum absolute atomic E-state index is 12.9. The van der Waals surface area contributed by atoms with Crippen LogP contribution in [0.5, 0.6) is 0 Å². The first kappa shape index (κ1) is 29.7. The topological polar surface area (TPSA) is 96.3 Å². The number of aromatic nitrogens is 2. The van der Waals surface area contributed by atoms with E-state index in [1.54, 1.807) is 32.9 Å². The Morgan fingerprint density at radius 3 is 2.34 bits per heavy atom.